The Kier molecular flexibility index (Phi) is 28.0. The summed E-state index contributed by atoms with van der Waals surface area (Å²) in [4.78, 5) is 13.6. The van der Waals surface area contributed by atoms with E-state index in [4.69, 9.17) is 4.74 Å². The van der Waals surface area contributed by atoms with E-state index >= 15 is 0 Å². The van der Waals surface area contributed by atoms with Crippen LogP contribution in [-0.4, -0.2) is 28.3 Å². The topological polar surface area (TPSA) is 28.7 Å². The summed E-state index contributed by atoms with van der Waals surface area (Å²) in [6, 6.07) is 194. The first-order valence-electron chi connectivity index (χ1n) is 47.3. The van der Waals surface area contributed by atoms with Gasteiger partial charge in [-0.15, -0.1) is 0 Å². The second kappa shape index (κ2) is 43.1. The molecular weight excluding hydrogens is 1690 g/mol. The molecule has 21 rings (SSSR count). The maximum Gasteiger partial charge on any atom is 0.119 e. The average Bonchev–Trinajstić information content (AvgIpc) is 0.795. The number of rotatable bonds is 25. The minimum Gasteiger partial charge on any atom is -0.497 e. The molecule has 21 aromatic rings. The maximum atomic E-state index is 5.31. The van der Waals surface area contributed by atoms with E-state index in [9.17, 15) is 0 Å². The summed E-state index contributed by atoms with van der Waals surface area (Å²) < 4.78 is 5.31. The standard InChI is InChI=1S/C44H36N2O.2C44H36N2/c1-45(40-29-31-44(47-2)32-30-40)39-21-13-37(14-22-39)38-19-27-43(28-20-38)46(41-23-15-35(16-24-41)33-9-5-3-6-10-33)42-25-17-36(18-26-42)34-11-7-4-8-12-34;1-33-10-9-15-44(32-33)45(2)40-24-16-38(17-25-40)39-22-30-43(31-23-39)46(41-26-18-36(19-27-41)34-11-5-3-6-12-34)42-28-20-37(21-29-42)35-13-7-4-8-14-35;1-33-13-23-40(24-14-33)45(2)41-25-15-38(16-26-41)39-21-31-44(32-22-39)46(42-27-17-36(18-28-42)34-9-5-3-6-10-34)43-29-19-37(20-30-43)35-11-7-4-8-12-35/h3-32H,1-2H3;2*3-32H,1-2H3. The number of nitrogens with zero attached hydrogens (tertiary/aromatic N) is 6. The summed E-state index contributed by atoms with van der Waals surface area (Å²) in [6.45, 7) is 4.25. The first kappa shape index (κ1) is 90.4. The third-order valence-corrected chi connectivity index (χ3v) is 25.8. The van der Waals surface area contributed by atoms with E-state index < -0.39 is 0 Å². The number of hydrogen-bond donors (Lipinski definition) is 0. The van der Waals surface area contributed by atoms with Crippen LogP contribution in [0.3, 0.4) is 0 Å². The summed E-state index contributed by atoms with van der Waals surface area (Å²) in [5.41, 5.74) is 41.0. The van der Waals surface area contributed by atoms with Gasteiger partial charge in [0.15, 0.2) is 0 Å². The number of ether oxygens (including phenoxy) is 1. The molecule has 0 unspecified atom stereocenters. The van der Waals surface area contributed by atoms with Gasteiger partial charge in [-0.3, -0.25) is 0 Å². The molecule has 0 saturated heterocycles. The molecule has 7 heteroatoms. The summed E-state index contributed by atoms with van der Waals surface area (Å²) in [5.74, 6) is 0.855. The van der Waals surface area contributed by atoms with Crippen LogP contribution >= 0.6 is 0 Å². The molecule has 0 spiro atoms. The lowest BCUT2D eigenvalue weighted by Gasteiger charge is -2.26. The Morgan fingerprint density at radius 1 is 0.129 bits per heavy atom. The van der Waals surface area contributed by atoms with E-state index in [1.54, 1.807) is 7.11 Å². The Bertz CT molecular complexity index is 7230. The molecule has 0 aliphatic heterocycles. The molecule has 0 aromatic heterocycles. The van der Waals surface area contributed by atoms with Gasteiger partial charge in [-0.25, -0.2) is 0 Å². The zero-order chi connectivity index (χ0) is 94.6. The molecule has 0 aliphatic rings. The zero-order valence-electron chi connectivity index (χ0n) is 79.1. The fraction of sp³-hybridized carbons (Fsp3) is 0.0455. The highest BCUT2D eigenvalue weighted by Crippen LogP contribution is 2.44. The summed E-state index contributed by atoms with van der Waals surface area (Å²) >= 11 is 0. The van der Waals surface area contributed by atoms with Crippen LogP contribution in [0.25, 0.3) is 100 Å². The van der Waals surface area contributed by atoms with Crippen LogP contribution in [0.5, 0.6) is 5.75 Å². The van der Waals surface area contributed by atoms with Crippen LogP contribution in [0, 0.1) is 13.8 Å². The van der Waals surface area contributed by atoms with Crippen molar-refractivity contribution in [2.24, 2.45) is 0 Å². The van der Waals surface area contributed by atoms with E-state index in [1.165, 1.54) is 123 Å². The lowest BCUT2D eigenvalue weighted by molar-refractivity contribution is 0.415. The molecule has 0 bridgehead atoms. The van der Waals surface area contributed by atoms with Gasteiger partial charge < -0.3 is 34.1 Å². The van der Waals surface area contributed by atoms with Crippen LogP contribution in [-0.2, 0) is 0 Å². The zero-order valence-corrected chi connectivity index (χ0v) is 79.1. The van der Waals surface area contributed by atoms with Gasteiger partial charge in [0, 0.05) is 106 Å². The van der Waals surface area contributed by atoms with Crippen LogP contribution in [0.4, 0.5) is 85.3 Å². The normalized spacial score (nSPS) is 10.8. The first-order chi connectivity index (χ1) is 68.4. The summed E-state index contributed by atoms with van der Waals surface area (Å²) in [5, 5.41) is 0. The van der Waals surface area contributed by atoms with E-state index in [0.29, 0.717) is 0 Å². The quantitative estimate of drug-likeness (QED) is 0.0563. The SMILES string of the molecule is COc1ccc(N(C)c2ccc(-c3ccc(N(c4ccc(-c5ccccc5)cc4)c4ccc(-c5ccccc5)cc4)cc3)cc2)cc1.Cc1ccc(N(C)c2ccc(-c3ccc(N(c4ccc(-c5ccccc5)cc4)c4ccc(-c5ccccc5)cc4)cc3)cc2)cc1.Cc1cccc(N(C)c2ccc(-c3ccc(N(c4ccc(-c5ccccc5)cc4)c4ccc(-c5ccccc5)cc4)cc3)cc2)c1. The minimum absolute atomic E-state index is 0.855. The highest BCUT2D eigenvalue weighted by atomic mass is 16.5. The Balaban J connectivity index is 0.000000133. The molecule has 0 amide bonds. The second-order valence-corrected chi connectivity index (χ2v) is 34.8. The Hall–Kier alpha value is -17.8. The number of anilines is 15. The number of aryl methyl sites for hydroxylation is 2. The van der Waals surface area contributed by atoms with Crippen molar-refractivity contribution >= 4 is 85.3 Å². The molecule has 0 aliphatic carbocycles. The predicted octanol–water partition coefficient (Wildman–Crippen LogP) is 36.4. The van der Waals surface area contributed by atoms with Crippen molar-refractivity contribution < 1.29 is 4.74 Å². The van der Waals surface area contributed by atoms with Crippen LogP contribution < -0.4 is 34.1 Å². The van der Waals surface area contributed by atoms with Gasteiger partial charge in [-0.2, -0.15) is 0 Å². The lowest BCUT2D eigenvalue weighted by atomic mass is 10.0. The Morgan fingerprint density at radius 2 is 0.281 bits per heavy atom. The van der Waals surface area contributed by atoms with Gasteiger partial charge in [0.2, 0.25) is 0 Å². The van der Waals surface area contributed by atoms with Crippen molar-refractivity contribution in [3.05, 3.63) is 557 Å². The molecule has 0 N–H and O–H groups in total. The largest absolute Gasteiger partial charge is 0.497 e. The highest BCUT2D eigenvalue weighted by molar-refractivity contribution is 5.87. The van der Waals surface area contributed by atoms with Crippen molar-refractivity contribution in [3.63, 3.8) is 0 Å². The van der Waals surface area contributed by atoms with E-state index in [0.717, 1.165) is 79.7 Å². The second-order valence-electron chi connectivity index (χ2n) is 34.8. The van der Waals surface area contributed by atoms with Crippen molar-refractivity contribution in [1.29, 1.82) is 0 Å². The van der Waals surface area contributed by atoms with Crippen molar-refractivity contribution in [1.82, 2.24) is 0 Å². The van der Waals surface area contributed by atoms with Crippen LogP contribution in [0.1, 0.15) is 11.1 Å². The lowest BCUT2D eigenvalue weighted by Crippen LogP contribution is -2.10. The fourth-order valence-corrected chi connectivity index (χ4v) is 17.8. The van der Waals surface area contributed by atoms with Gasteiger partial charge in [-0.05, 0) is 314 Å². The van der Waals surface area contributed by atoms with E-state index in [1.807, 2.05) is 12.1 Å². The van der Waals surface area contributed by atoms with Gasteiger partial charge >= 0.3 is 0 Å². The van der Waals surface area contributed by atoms with Gasteiger partial charge in [0.25, 0.3) is 0 Å². The third kappa shape index (κ3) is 21.7. The van der Waals surface area contributed by atoms with Crippen molar-refractivity contribution in [2.75, 3.05) is 57.7 Å². The average molecular weight is 1790 g/mol. The minimum atomic E-state index is 0.855. The summed E-state index contributed by atoms with van der Waals surface area (Å²) in [6.07, 6.45) is 0. The Labute approximate surface area is 818 Å². The number of benzene rings is 21. The number of hydrogen-bond acceptors (Lipinski definition) is 7. The fourth-order valence-electron chi connectivity index (χ4n) is 17.8. The van der Waals surface area contributed by atoms with Crippen molar-refractivity contribution in [3.8, 4) is 106 Å². The molecule has 0 radical (unpaired) electrons. The van der Waals surface area contributed by atoms with E-state index in [2.05, 4.69) is 598 Å². The van der Waals surface area contributed by atoms with Gasteiger partial charge in [0.1, 0.15) is 5.75 Å². The number of methoxy groups -OCH3 is 1. The molecule has 0 fully saturated rings. The Morgan fingerprint density at radius 3 is 0.453 bits per heavy atom. The molecule has 0 atom stereocenters. The monoisotopic (exact) mass is 1790 g/mol. The van der Waals surface area contributed by atoms with Crippen LogP contribution in [0.15, 0.2) is 546 Å². The molecular formula is C132H108N6O. The third-order valence-electron chi connectivity index (χ3n) is 25.8. The van der Waals surface area contributed by atoms with Crippen molar-refractivity contribution in [2.45, 2.75) is 13.8 Å². The van der Waals surface area contributed by atoms with Gasteiger partial charge in [-0.1, -0.05) is 357 Å². The van der Waals surface area contributed by atoms with Gasteiger partial charge in [0.05, 0.1) is 7.11 Å². The molecule has 0 heterocycles. The first-order valence-corrected chi connectivity index (χ1v) is 47.3. The smallest absolute Gasteiger partial charge is 0.119 e. The predicted molar refractivity (Wildman–Crippen MR) is 592 cm³/mol. The summed E-state index contributed by atoms with van der Waals surface area (Å²) in [7, 11) is 8.00. The maximum absolute atomic E-state index is 5.31. The highest BCUT2D eigenvalue weighted by Gasteiger charge is 2.20. The molecule has 7 nitrogen and oxygen atoms in total. The molecule has 0 saturated carbocycles. The molecule has 21 aromatic carbocycles. The van der Waals surface area contributed by atoms with E-state index in [-0.39, 0.29) is 0 Å². The van der Waals surface area contributed by atoms with Crippen LogP contribution in [0.2, 0.25) is 0 Å². The molecule has 139 heavy (non-hydrogen) atoms. The molecule has 672 valence electrons.